The Morgan fingerprint density at radius 2 is 1.72 bits per heavy atom. The molecule has 7 heteroatoms. The second-order valence-corrected chi connectivity index (χ2v) is 7.64. The van der Waals surface area contributed by atoms with Crippen molar-refractivity contribution in [3.05, 3.63) is 83.6 Å². The maximum atomic E-state index is 13.9. The summed E-state index contributed by atoms with van der Waals surface area (Å²) in [6, 6.07) is 20.1. The minimum absolute atomic E-state index is 0.110. The molecule has 0 radical (unpaired) electrons. The van der Waals surface area contributed by atoms with Gasteiger partial charge in [-0.25, -0.2) is 18.4 Å². The Balaban J connectivity index is 1.69. The zero-order valence-electron chi connectivity index (χ0n) is 17.9. The van der Waals surface area contributed by atoms with Gasteiger partial charge in [0.25, 0.3) is 6.43 Å². The van der Waals surface area contributed by atoms with Gasteiger partial charge in [0, 0.05) is 11.1 Å². The number of carbonyl (C=O) groups is 1. The number of carbonyl (C=O) groups excluding carboxylic acids is 1. The van der Waals surface area contributed by atoms with Crippen LogP contribution in [0.3, 0.4) is 0 Å². The Hall–Kier alpha value is -3.61. The fourth-order valence-corrected chi connectivity index (χ4v) is 3.91. The zero-order valence-corrected chi connectivity index (χ0v) is 17.9. The molecule has 0 fully saturated rings. The van der Waals surface area contributed by atoms with E-state index in [9.17, 15) is 13.6 Å². The van der Waals surface area contributed by atoms with Crippen molar-refractivity contribution in [2.24, 2.45) is 0 Å². The molecule has 4 rings (SSSR count). The van der Waals surface area contributed by atoms with E-state index in [0.717, 1.165) is 17.5 Å². The van der Waals surface area contributed by atoms with E-state index in [-0.39, 0.29) is 29.7 Å². The van der Waals surface area contributed by atoms with Crippen LogP contribution in [0.25, 0.3) is 22.3 Å². The number of aryl methyl sites for hydroxylation is 1. The maximum absolute atomic E-state index is 13.9. The quantitative estimate of drug-likeness (QED) is 0.411. The van der Waals surface area contributed by atoms with Gasteiger partial charge in [0.1, 0.15) is 6.54 Å². The third kappa shape index (κ3) is 4.37. The van der Waals surface area contributed by atoms with Crippen LogP contribution >= 0.6 is 0 Å². The molecule has 0 bridgehead atoms. The number of amides is 1. The summed E-state index contributed by atoms with van der Waals surface area (Å²) in [5.41, 5.74) is 2.72. The average Bonchev–Trinajstić information content (AvgIpc) is 3.12. The first-order chi connectivity index (χ1) is 15.5. The van der Waals surface area contributed by atoms with Crippen molar-refractivity contribution in [1.82, 2.24) is 20.1 Å². The lowest BCUT2D eigenvalue weighted by molar-refractivity contribution is -0.122. The Kier molecular flexibility index (Phi) is 6.25. The summed E-state index contributed by atoms with van der Waals surface area (Å²) in [6.45, 7) is 3.54. The molecular weight excluding hydrogens is 410 g/mol. The Morgan fingerprint density at radius 3 is 2.34 bits per heavy atom. The van der Waals surface area contributed by atoms with Crippen molar-refractivity contribution < 1.29 is 13.6 Å². The third-order valence-corrected chi connectivity index (χ3v) is 5.45. The van der Waals surface area contributed by atoms with Gasteiger partial charge in [0.2, 0.25) is 5.91 Å². The second-order valence-electron chi connectivity index (χ2n) is 7.64. The molecule has 1 N–H and O–H groups in total. The number of benzene rings is 2. The number of hydrogen-bond acceptors (Lipinski definition) is 3. The fraction of sp³-hybridized carbons (Fsp3) is 0.240. The number of halogens is 2. The molecule has 32 heavy (non-hydrogen) atoms. The average molecular weight is 434 g/mol. The van der Waals surface area contributed by atoms with Gasteiger partial charge < -0.3 is 5.32 Å². The van der Waals surface area contributed by atoms with E-state index in [0.29, 0.717) is 16.8 Å². The molecule has 2 aromatic carbocycles. The van der Waals surface area contributed by atoms with Gasteiger partial charge in [-0.3, -0.25) is 4.79 Å². The van der Waals surface area contributed by atoms with Crippen molar-refractivity contribution in [2.75, 3.05) is 0 Å². The van der Waals surface area contributed by atoms with Crippen LogP contribution in [0.2, 0.25) is 0 Å². The molecule has 2 aromatic heterocycles. The van der Waals surface area contributed by atoms with Crippen molar-refractivity contribution >= 4 is 16.9 Å². The predicted octanol–water partition coefficient (Wildman–Crippen LogP) is 5.61. The lowest BCUT2D eigenvalue weighted by atomic mass is 10.0. The summed E-state index contributed by atoms with van der Waals surface area (Å²) in [6.07, 6.45) is -1.96. The number of nitrogens with zero attached hydrogens (tertiary/aromatic N) is 3. The third-order valence-electron chi connectivity index (χ3n) is 5.45. The van der Waals surface area contributed by atoms with E-state index < -0.39 is 6.43 Å². The van der Waals surface area contributed by atoms with E-state index >= 15 is 0 Å². The number of fused-ring (bicyclic) bond motifs is 1. The van der Waals surface area contributed by atoms with Crippen LogP contribution in [0.5, 0.6) is 0 Å². The molecule has 0 aliphatic heterocycles. The van der Waals surface area contributed by atoms with Gasteiger partial charge in [0.05, 0.1) is 22.8 Å². The van der Waals surface area contributed by atoms with Crippen molar-refractivity contribution in [3.63, 3.8) is 0 Å². The summed E-state index contributed by atoms with van der Waals surface area (Å²) in [5, 5.41) is 7.68. The lowest BCUT2D eigenvalue weighted by Crippen LogP contribution is -2.31. The monoisotopic (exact) mass is 434 g/mol. The van der Waals surface area contributed by atoms with Gasteiger partial charge >= 0.3 is 0 Å². The van der Waals surface area contributed by atoms with Crippen molar-refractivity contribution in [1.29, 1.82) is 0 Å². The first kappa shape index (κ1) is 21.6. The standard InChI is InChI=1S/C25H24F2N4O/c1-3-20(17-10-6-4-7-11-17)28-22(32)15-31-25-23(16(2)30-31)19(24(26)27)14-21(29-25)18-12-8-5-9-13-18/h4-14,20,24H,3,15H2,1-2H3,(H,28,32). The van der Waals surface area contributed by atoms with E-state index in [2.05, 4.69) is 15.4 Å². The minimum atomic E-state index is -2.68. The predicted molar refractivity (Wildman–Crippen MR) is 120 cm³/mol. The van der Waals surface area contributed by atoms with Crippen LogP contribution in [0, 0.1) is 6.92 Å². The smallest absolute Gasteiger partial charge is 0.264 e. The largest absolute Gasteiger partial charge is 0.348 e. The summed E-state index contributed by atoms with van der Waals surface area (Å²) < 4.78 is 29.2. The summed E-state index contributed by atoms with van der Waals surface area (Å²) in [5.74, 6) is -0.254. The number of nitrogens with one attached hydrogen (secondary N) is 1. The normalized spacial score (nSPS) is 12.3. The number of aromatic nitrogens is 3. The van der Waals surface area contributed by atoms with Gasteiger partial charge in [-0.2, -0.15) is 5.10 Å². The van der Waals surface area contributed by atoms with Crippen LogP contribution in [0.1, 0.15) is 42.6 Å². The zero-order chi connectivity index (χ0) is 22.7. The lowest BCUT2D eigenvalue weighted by Gasteiger charge is -2.17. The molecule has 0 saturated carbocycles. The van der Waals surface area contributed by atoms with Crippen LogP contribution in [-0.2, 0) is 11.3 Å². The van der Waals surface area contributed by atoms with E-state index in [1.54, 1.807) is 6.92 Å². The highest BCUT2D eigenvalue weighted by molar-refractivity contribution is 5.87. The van der Waals surface area contributed by atoms with Crippen LogP contribution in [0.15, 0.2) is 66.7 Å². The number of rotatable bonds is 7. The molecule has 0 aliphatic carbocycles. The number of pyridine rings is 1. The Bertz CT molecular complexity index is 1220. The molecule has 1 unspecified atom stereocenters. The molecule has 4 aromatic rings. The summed E-state index contributed by atoms with van der Waals surface area (Å²) in [4.78, 5) is 17.4. The summed E-state index contributed by atoms with van der Waals surface area (Å²) in [7, 11) is 0. The molecule has 164 valence electrons. The van der Waals surface area contributed by atoms with Crippen LogP contribution in [-0.4, -0.2) is 20.7 Å². The number of hydrogen-bond donors (Lipinski definition) is 1. The minimum Gasteiger partial charge on any atom is -0.348 e. The van der Waals surface area contributed by atoms with Crippen LogP contribution in [0.4, 0.5) is 8.78 Å². The van der Waals surface area contributed by atoms with Gasteiger partial charge in [0.15, 0.2) is 5.65 Å². The highest BCUT2D eigenvalue weighted by Gasteiger charge is 2.22. The Morgan fingerprint density at radius 1 is 1.06 bits per heavy atom. The van der Waals surface area contributed by atoms with E-state index in [1.807, 2.05) is 67.6 Å². The molecule has 2 heterocycles. The molecule has 0 saturated heterocycles. The SMILES string of the molecule is CCC(NC(=O)Cn1nc(C)c2c(C(F)F)cc(-c3ccccc3)nc21)c1ccccc1. The first-order valence-electron chi connectivity index (χ1n) is 10.5. The Labute approximate surface area is 185 Å². The first-order valence-corrected chi connectivity index (χ1v) is 10.5. The summed E-state index contributed by atoms with van der Waals surface area (Å²) >= 11 is 0. The van der Waals surface area contributed by atoms with Crippen molar-refractivity contribution in [2.45, 2.75) is 39.3 Å². The molecule has 0 aliphatic rings. The molecule has 0 spiro atoms. The maximum Gasteiger partial charge on any atom is 0.264 e. The van der Waals surface area contributed by atoms with E-state index in [1.165, 1.54) is 10.7 Å². The fourth-order valence-electron chi connectivity index (χ4n) is 3.91. The molecule has 5 nitrogen and oxygen atoms in total. The molecule has 1 atom stereocenters. The van der Waals surface area contributed by atoms with Crippen molar-refractivity contribution in [3.8, 4) is 11.3 Å². The molecular formula is C25H24F2N4O. The van der Waals surface area contributed by atoms with E-state index in [4.69, 9.17) is 0 Å². The van der Waals surface area contributed by atoms with Gasteiger partial charge in [-0.05, 0) is 25.0 Å². The van der Waals surface area contributed by atoms with Gasteiger partial charge in [-0.15, -0.1) is 0 Å². The number of alkyl halides is 2. The van der Waals surface area contributed by atoms with Gasteiger partial charge in [-0.1, -0.05) is 67.6 Å². The highest BCUT2D eigenvalue weighted by atomic mass is 19.3. The van der Waals surface area contributed by atoms with Crippen LogP contribution < -0.4 is 5.32 Å². The molecule has 1 amide bonds. The topological polar surface area (TPSA) is 59.8 Å². The second kappa shape index (κ2) is 9.26. The highest BCUT2D eigenvalue weighted by Crippen LogP contribution is 2.33.